The maximum absolute atomic E-state index is 13.1. The Morgan fingerprint density at radius 3 is 2.65 bits per heavy atom. The number of nitrogens with zero attached hydrogens (tertiary/aromatic N) is 5. The van der Waals surface area contributed by atoms with Crippen LogP contribution >= 0.6 is 0 Å². The Labute approximate surface area is 149 Å². The third-order valence-electron chi connectivity index (χ3n) is 4.53. The van der Waals surface area contributed by atoms with E-state index in [1.165, 1.54) is 33.9 Å². The minimum atomic E-state index is -0.319. The lowest BCUT2D eigenvalue weighted by molar-refractivity contribution is -0.132. The largest absolute Gasteiger partial charge is 0.337 e. The van der Waals surface area contributed by atoms with Gasteiger partial charge in [-0.05, 0) is 24.1 Å². The first-order valence-electron chi connectivity index (χ1n) is 8.30. The molecule has 2 heterocycles. The summed E-state index contributed by atoms with van der Waals surface area (Å²) in [6.07, 6.45) is 3.47. The topological polar surface area (TPSA) is 73.0 Å². The van der Waals surface area contributed by atoms with Gasteiger partial charge in [0.05, 0.1) is 12.2 Å². The predicted molar refractivity (Wildman–Crippen MR) is 95.0 cm³/mol. The molecule has 26 heavy (non-hydrogen) atoms. The third kappa shape index (κ3) is 3.22. The summed E-state index contributed by atoms with van der Waals surface area (Å²) >= 11 is 0. The van der Waals surface area contributed by atoms with Crippen molar-refractivity contribution in [2.75, 3.05) is 7.05 Å². The standard InChI is InChI=1S/C18H20FN5O2/c1-4-15(12-5-7-13(19)8-6-12)22(2)16(25)10-24-11-20-17-14(18(24)26)9-21-23(17)3/h5-9,11,15H,4,10H2,1-3H3. The van der Waals surface area contributed by atoms with Crippen LogP contribution in [0.4, 0.5) is 4.39 Å². The van der Waals surface area contributed by atoms with Gasteiger partial charge in [-0.15, -0.1) is 0 Å². The maximum atomic E-state index is 13.1. The van der Waals surface area contributed by atoms with Crippen LogP contribution in [0.5, 0.6) is 0 Å². The highest BCUT2D eigenvalue weighted by atomic mass is 19.1. The molecule has 0 aliphatic carbocycles. The number of hydrogen-bond acceptors (Lipinski definition) is 4. The quantitative estimate of drug-likeness (QED) is 0.699. The highest BCUT2D eigenvalue weighted by Gasteiger charge is 2.21. The average molecular weight is 357 g/mol. The first kappa shape index (κ1) is 17.8. The van der Waals surface area contributed by atoms with E-state index in [1.54, 1.807) is 31.1 Å². The van der Waals surface area contributed by atoms with E-state index >= 15 is 0 Å². The van der Waals surface area contributed by atoms with Gasteiger partial charge in [0.2, 0.25) is 5.91 Å². The van der Waals surface area contributed by atoms with Crippen LogP contribution in [0.2, 0.25) is 0 Å². The lowest BCUT2D eigenvalue weighted by Crippen LogP contribution is -2.36. The van der Waals surface area contributed by atoms with E-state index in [2.05, 4.69) is 10.1 Å². The number of aryl methyl sites for hydroxylation is 1. The van der Waals surface area contributed by atoms with Crippen molar-refractivity contribution in [1.82, 2.24) is 24.2 Å². The van der Waals surface area contributed by atoms with E-state index in [0.717, 1.165) is 5.56 Å². The fourth-order valence-electron chi connectivity index (χ4n) is 3.03. The molecular formula is C18H20FN5O2. The zero-order chi connectivity index (χ0) is 18.8. The van der Waals surface area contributed by atoms with E-state index in [0.29, 0.717) is 17.5 Å². The smallest absolute Gasteiger partial charge is 0.264 e. The lowest BCUT2D eigenvalue weighted by atomic mass is 10.0. The van der Waals surface area contributed by atoms with E-state index in [9.17, 15) is 14.0 Å². The second kappa shape index (κ2) is 7.07. The molecule has 3 aromatic rings. The molecule has 136 valence electrons. The fraction of sp³-hybridized carbons (Fsp3) is 0.333. The number of amides is 1. The molecule has 0 aliphatic heterocycles. The molecule has 0 saturated carbocycles. The Bertz CT molecular complexity index is 993. The van der Waals surface area contributed by atoms with Crippen molar-refractivity contribution >= 4 is 16.9 Å². The summed E-state index contributed by atoms with van der Waals surface area (Å²) in [5.74, 6) is -0.548. The molecule has 3 rings (SSSR count). The Kier molecular flexibility index (Phi) is 4.83. The van der Waals surface area contributed by atoms with Gasteiger partial charge in [-0.1, -0.05) is 19.1 Å². The summed E-state index contributed by atoms with van der Waals surface area (Å²) in [4.78, 5) is 31.0. The van der Waals surface area contributed by atoms with Gasteiger partial charge in [0.1, 0.15) is 24.1 Å². The molecule has 0 spiro atoms. The molecule has 0 saturated heterocycles. The number of hydrogen-bond donors (Lipinski definition) is 0. The first-order valence-corrected chi connectivity index (χ1v) is 8.30. The Hall–Kier alpha value is -3.03. The van der Waals surface area contributed by atoms with Gasteiger partial charge in [0, 0.05) is 14.1 Å². The minimum Gasteiger partial charge on any atom is -0.337 e. The van der Waals surface area contributed by atoms with Crippen LogP contribution in [0.25, 0.3) is 11.0 Å². The van der Waals surface area contributed by atoms with Crippen LogP contribution in [0.1, 0.15) is 24.9 Å². The molecule has 8 heteroatoms. The number of aromatic nitrogens is 4. The van der Waals surface area contributed by atoms with Crippen molar-refractivity contribution in [3.05, 3.63) is 58.5 Å². The average Bonchev–Trinajstić information content (AvgIpc) is 3.01. The summed E-state index contributed by atoms with van der Waals surface area (Å²) in [6, 6.07) is 5.89. The van der Waals surface area contributed by atoms with Gasteiger partial charge in [0.25, 0.3) is 5.56 Å². The van der Waals surface area contributed by atoms with Crippen molar-refractivity contribution in [3.63, 3.8) is 0 Å². The van der Waals surface area contributed by atoms with Crippen LogP contribution < -0.4 is 5.56 Å². The summed E-state index contributed by atoms with van der Waals surface area (Å²) in [5.41, 5.74) is 1.02. The predicted octanol–water partition coefficient (Wildman–Crippen LogP) is 1.88. The number of rotatable bonds is 5. The van der Waals surface area contributed by atoms with Crippen LogP contribution in [0.15, 0.2) is 41.6 Å². The summed E-state index contributed by atoms with van der Waals surface area (Å²) in [7, 11) is 3.38. The van der Waals surface area contributed by atoms with Crippen LogP contribution in [0, 0.1) is 5.82 Å². The van der Waals surface area contributed by atoms with E-state index in [4.69, 9.17) is 0 Å². The number of carbonyl (C=O) groups excluding carboxylic acids is 1. The molecule has 7 nitrogen and oxygen atoms in total. The van der Waals surface area contributed by atoms with E-state index in [-0.39, 0.29) is 29.9 Å². The molecule has 1 unspecified atom stereocenters. The monoisotopic (exact) mass is 357 g/mol. The van der Waals surface area contributed by atoms with Crippen LogP contribution in [-0.4, -0.2) is 37.2 Å². The molecule has 0 radical (unpaired) electrons. The zero-order valence-corrected chi connectivity index (χ0v) is 14.9. The number of likely N-dealkylation sites (N-methyl/N-ethyl adjacent to an activating group) is 1. The van der Waals surface area contributed by atoms with E-state index < -0.39 is 0 Å². The van der Waals surface area contributed by atoms with Gasteiger partial charge in [0.15, 0.2) is 5.65 Å². The molecule has 0 aliphatic rings. The Morgan fingerprint density at radius 2 is 2.00 bits per heavy atom. The first-order chi connectivity index (χ1) is 12.4. The second-order valence-electron chi connectivity index (χ2n) is 6.16. The lowest BCUT2D eigenvalue weighted by Gasteiger charge is -2.28. The number of benzene rings is 1. The van der Waals surface area contributed by atoms with Gasteiger partial charge in [-0.25, -0.2) is 9.37 Å². The van der Waals surface area contributed by atoms with Crippen molar-refractivity contribution in [1.29, 1.82) is 0 Å². The fourth-order valence-corrected chi connectivity index (χ4v) is 3.03. The molecule has 0 N–H and O–H groups in total. The summed E-state index contributed by atoms with van der Waals surface area (Å²) < 4.78 is 15.9. The Balaban J connectivity index is 1.83. The SMILES string of the molecule is CCC(c1ccc(F)cc1)N(C)C(=O)Cn1cnc2c(cnn2C)c1=O. The third-order valence-corrected chi connectivity index (χ3v) is 4.53. The molecule has 1 aromatic carbocycles. The summed E-state index contributed by atoms with van der Waals surface area (Å²) in [6.45, 7) is 1.83. The van der Waals surface area contributed by atoms with Gasteiger partial charge in [-0.3, -0.25) is 18.8 Å². The number of halogens is 1. The maximum Gasteiger partial charge on any atom is 0.264 e. The van der Waals surface area contributed by atoms with Crippen LogP contribution in [0.3, 0.4) is 0 Å². The highest BCUT2D eigenvalue weighted by molar-refractivity contribution is 5.77. The van der Waals surface area contributed by atoms with Crippen molar-refractivity contribution < 1.29 is 9.18 Å². The molecular weight excluding hydrogens is 337 g/mol. The van der Waals surface area contributed by atoms with Gasteiger partial charge < -0.3 is 4.90 Å². The summed E-state index contributed by atoms with van der Waals surface area (Å²) in [5, 5.41) is 4.39. The highest BCUT2D eigenvalue weighted by Crippen LogP contribution is 2.23. The molecule has 2 aromatic heterocycles. The van der Waals surface area contributed by atoms with E-state index in [1.807, 2.05) is 6.92 Å². The molecule has 0 bridgehead atoms. The second-order valence-corrected chi connectivity index (χ2v) is 6.16. The van der Waals surface area contributed by atoms with Gasteiger partial charge >= 0.3 is 0 Å². The zero-order valence-electron chi connectivity index (χ0n) is 14.9. The number of carbonyl (C=O) groups is 1. The Morgan fingerprint density at radius 1 is 1.31 bits per heavy atom. The van der Waals surface area contributed by atoms with Gasteiger partial charge in [-0.2, -0.15) is 5.10 Å². The molecule has 1 atom stereocenters. The minimum absolute atomic E-state index is 0.120. The number of fused-ring (bicyclic) bond motifs is 1. The van der Waals surface area contributed by atoms with Crippen molar-refractivity contribution in [3.8, 4) is 0 Å². The molecule has 0 fully saturated rings. The normalized spacial score (nSPS) is 12.3. The molecule has 1 amide bonds. The van der Waals surface area contributed by atoms with Crippen molar-refractivity contribution in [2.45, 2.75) is 25.9 Å². The van der Waals surface area contributed by atoms with Crippen molar-refractivity contribution in [2.24, 2.45) is 7.05 Å². The van der Waals surface area contributed by atoms with Crippen LogP contribution in [-0.2, 0) is 18.4 Å².